The van der Waals surface area contributed by atoms with E-state index in [0.29, 0.717) is 0 Å². The molecule has 0 aliphatic heterocycles. The van der Waals surface area contributed by atoms with Crippen molar-refractivity contribution in [2.45, 2.75) is 45.0 Å². The number of hydrogen-bond donors (Lipinski definition) is 2. The van der Waals surface area contributed by atoms with E-state index in [4.69, 9.17) is 9.47 Å². The number of rotatable bonds is 9. The smallest absolute Gasteiger partial charge is 0.420 e. The molecule has 0 amide bonds. The topological polar surface area (TPSA) is 76.5 Å². The third-order valence-corrected chi connectivity index (χ3v) is 5.39. The SMILES string of the molecule is COCCOc1cc2c(NCc3cccc(C(F)(F)C(C)(C)O)c3F)nc(C)nc2cc1C(F)(F)F. The quantitative estimate of drug-likeness (QED) is 0.285. The van der Waals surface area contributed by atoms with Crippen LogP contribution in [0, 0.1) is 12.7 Å². The van der Waals surface area contributed by atoms with Gasteiger partial charge >= 0.3 is 12.1 Å². The second-order valence-corrected chi connectivity index (χ2v) is 8.59. The highest BCUT2D eigenvalue weighted by atomic mass is 19.4. The number of nitrogens with one attached hydrogen (secondary N) is 1. The Hall–Kier alpha value is -3.12. The van der Waals surface area contributed by atoms with E-state index < -0.39 is 40.4 Å². The monoisotopic (exact) mass is 517 g/mol. The molecule has 0 saturated heterocycles. The first-order valence-corrected chi connectivity index (χ1v) is 10.8. The number of nitrogens with zero attached hydrogens (tertiary/aromatic N) is 2. The lowest BCUT2D eigenvalue weighted by Gasteiger charge is -2.30. The Morgan fingerprint density at radius 3 is 2.31 bits per heavy atom. The maximum absolute atomic E-state index is 15.0. The Morgan fingerprint density at radius 1 is 1.00 bits per heavy atom. The highest BCUT2D eigenvalue weighted by Gasteiger charge is 2.49. The number of fused-ring (bicyclic) bond motifs is 1. The molecule has 6 nitrogen and oxygen atoms in total. The van der Waals surface area contributed by atoms with Crippen molar-refractivity contribution in [1.29, 1.82) is 0 Å². The molecule has 0 radical (unpaired) electrons. The van der Waals surface area contributed by atoms with Crippen molar-refractivity contribution in [1.82, 2.24) is 9.97 Å². The van der Waals surface area contributed by atoms with Gasteiger partial charge < -0.3 is 19.9 Å². The molecule has 36 heavy (non-hydrogen) atoms. The molecule has 0 aliphatic carbocycles. The van der Waals surface area contributed by atoms with Crippen molar-refractivity contribution in [2.24, 2.45) is 0 Å². The molecule has 0 atom stereocenters. The minimum Gasteiger partial charge on any atom is -0.491 e. The predicted octanol–water partition coefficient (Wildman–Crippen LogP) is 5.60. The maximum Gasteiger partial charge on any atom is 0.420 e. The number of hydrogen-bond acceptors (Lipinski definition) is 6. The van der Waals surface area contributed by atoms with E-state index in [1.807, 2.05) is 0 Å². The normalized spacial score (nSPS) is 12.8. The lowest BCUT2D eigenvalue weighted by Crippen LogP contribution is -2.41. The molecule has 1 aromatic heterocycles. The third kappa shape index (κ3) is 5.65. The van der Waals surface area contributed by atoms with Crippen molar-refractivity contribution in [2.75, 3.05) is 25.6 Å². The molecule has 196 valence electrons. The Labute approximate surface area is 203 Å². The van der Waals surface area contributed by atoms with Crippen LogP contribution in [0.25, 0.3) is 10.9 Å². The Bertz CT molecular complexity index is 1240. The van der Waals surface area contributed by atoms with Crippen molar-refractivity contribution >= 4 is 16.7 Å². The van der Waals surface area contributed by atoms with E-state index in [0.717, 1.165) is 32.0 Å². The summed E-state index contributed by atoms with van der Waals surface area (Å²) >= 11 is 0. The lowest BCUT2D eigenvalue weighted by molar-refractivity contribution is -0.170. The van der Waals surface area contributed by atoms with Gasteiger partial charge in [-0.1, -0.05) is 12.1 Å². The van der Waals surface area contributed by atoms with Gasteiger partial charge in [0, 0.05) is 24.6 Å². The van der Waals surface area contributed by atoms with E-state index in [1.165, 1.54) is 26.2 Å². The molecule has 2 aromatic carbocycles. The van der Waals surface area contributed by atoms with Crippen LogP contribution in [-0.2, 0) is 23.4 Å². The molecule has 2 N–H and O–H groups in total. The summed E-state index contributed by atoms with van der Waals surface area (Å²) in [6.45, 7) is 2.78. The summed E-state index contributed by atoms with van der Waals surface area (Å²) in [5.74, 6) is -5.39. The van der Waals surface area contributed by atoms with E-state index >= 15 is 0 Å². The first-order chi connectivity index (χ1) is 16.7. The molecular formula is C24H25F6N3O3. The summed E-state index contributed by atoms with van der Waals surface area (Å²) in [5, 5.41) is 12.8. The van der Waals surface area contributed by atoms with Gasteiger partial charge in [-0.15, -0.1) is 0 Å². The van der Waals surface area contributed by atoms with Crippen LogP contribution in [0.4, 0.5) is 32.2 Å². The molecule has 0 bridgehead atoms. The molecular weight excluding hydrogens is 492 g/mol. The van der Waals surface area contributed by atoms with Crippen LogP contribution in [0.15, 0.2) is 30.3 Å². The van der Waals surface area contributed by atoms with Gasteiger partial charge in [-0.25, -0.2) is 14.4 Å². The fraction of sp³-hybridized carbons (Fsp3) is 0.417. The van der Waals surface area contributed by atoms with Crippen molar-refractivity contribution in [3.63, 3.8) is 0 Å². The van der Waals surface area contributed by atoms with Crippen LogP contribution in [0.5, 0.6) is 5.75 Å². The van der Waals surface area contributed by atoms with Gasteiger partial charge in [0.25, 0.3) is 0 Å². The fourth-order valence-corrected chi connectivity index (χ4v) is 3.45. The summed E-state index contributed by atoms with van der Waals surface area (Å²) < 4.78 is 95.1. The Balaban J connectivity index is 2.02. The number of ether oxygens (including phenoxy) is 2. The van der Waals surface area contributed by atoms with Gasteiger partial charge in [0.05, 0.1) is 23.3 Å². The summed E-state index contributed by atoms with van der Waals surface area (Å²) in [4.78, 5) is 8.25. The fourth-order valence-electron chi connectivity index (χ4n) is 3.45. The van der Waals surface area contributed by atoms with Gasteiger partial charge in [0.15, 0.2) is 0 Å². The summed E-state index contributed by atoms with van der Waals surface area (Å²) in [5.41, 5.74) is -4.75. The summed E-state index contributed by atoms with van der Waals surface area (Å²) in [7, 11) is 1.37. The highest BCUT2D eigenvalue weighted by molar-refractivity contribution is 5.91. The average Bonchev–Trinajstić information content (AvgIpc) is 2.76. The van der Waals surface area contributed by atoms with Crippen LogP contribution < -0.4 is 10.1 Å². The molecule has 0 aliphatic rings. The molecule has 0 unspecified atom stereocenters. The Kier molecular flexibility index (Phi) is 7.70. The minimum absolute atomic E-state index is 0.0424. The second kappa shape index (κ2) is 10.1. The van der Waals surface area contributed by atoms with Gasteiger partial charge in [-0.3, -0.25) is 0 Å². The maximum atomic E-state index is 15.0. The minimum atomic E-state index is -4.72. The average molecular weight is 517 g/mol. The standard InChI is InChI=1S/C24H25F6N3O3/c1-13-32-18-11-17(24(28,29)30)19(36-9-8-35-4)10-15(18)21(33-13)31-12-14-6-5-7-16(20(14)25)23(26,27)22(2,3)34/h5-7,10-11,34H,8-9,12H2,1-4H3,(H,31,32,33). The number of aryl methyl sites for hydroxylation is 1. The number of alkyl halides is 5. The van der Waals surface area contributed by atoms with E-state index in [9.17, 15) is 31.4 Å². The van der Waals surface area contributed by atoms with E-state index in [2.05, 4.69) is 15.3 Å². The number of benzene rings is 2. The first kappa shape index (κ1) is 27.5. The van der Waals surface area contributed by atoms with Gasteiger partial charge in [-0.05, 0) is 39.0 Å². The zero-order chi connectivity index (χ0) is 26.9. The molecule has 1 heterocycles. The number of anilines is 1. The Morgan fingerprint density at radius 2 is 1.69 bits per heavy atom. The number of methoxy groups -OCH3 is 1. The molecule has 0 fully saturated rings. The largest absolute Gasteiger partial charge is 0.491 e. The number of aromatic nitrogens is 2. The summed E-state index contributed by atoms with van der Waals surface area (Å²) in [6.07, 6.45) is -4.72. The van der Waals surface area contributed by atoms with Crippen LogP contribution in [0.2, 0.25) is 0 Å². The highest BCUT2D eigenvalue weighted by Crippen LogP contribution is 2.41. The molecule has 0 saturated carbocycles. The molecule has 3 aromatic rings. The van der Waals surface area contributed by atoms with Crippen LogP contribution in [-0.4, -0.2) is 41.0 Å². The molecule has 12 heteroatoms. The van der Waals surface area contributed by atoms with Crippen molar-refractivity contribution in [3.05, 3.63) is 58.7 Å². The molecule has 3 rings (SSSR count). The third-order valence-electron chi connectivity index (χ3n) is 5.39. The van der Waals surface area contributed by atoms with E-state index in [-0.39, 0.29) is 47.9 Å². The van der Waals surface area contributed by atoms with Gasteiger partial charge in [0.2, 0.25) is 0 Å². The van der Waals surface area contributed by atoms with E-state index in [1.54, 1.807) is 0 Å². The van der Waals surface area contributed by atoms with Crippen molar-refractivity contribution in [3.8, 4) is 5.75 Å². The first-order valence-electron chi connectivity index (χ1n) is 10.8. The zero-order valence-corrected chi connectivity index (χ0v) is 19.9. The zero-order valence-electron chi connectivity index (χ0n) is 19.9. The van der Waals surface area contributed by atoms with Crippen LogP contribution in [0.3, 0.4) is 0 Å². The molecule has 0 spiro atoms. The van der Waals surface area contributed by atoms with Crippen LogP contribution >= 0.6 is 0 Å². The number of halogens is 6. The predicted molar refractivity (Wildman–Crippen MR) is 121 cm³/mol. The van der Waals surface area contributed by atoms with Gasteiger partial charge in [0.1, 0.15) is 35.4 Å². The summed E-state index contributed by atoms with van der Waals surface area (Å²) in [6, 6.07) is 5.30. The van der Waals surface area contributed by atoms with Crippen molar-refractivity contribution < 1.29 is 40.9 Å². The lowest BCUT2D eigenvalue weighted by atomic mass is 9.92. The van der Waals surface area contributed by atoms with Gasteiger partial charge in [-0.2, -0.15) is 22.0 Å². The number of aliphatic hydroxyl groups is 1. The second-order valence-electron chi connectivity index (χ2n) is 8.59. The van der Waals surface area contributed by atoms with Crippen LogP contribution in [0.1, 0.15) is 36.4 Å².